The number of aromatic nitrogens is 1. The number of nitrogens with zero attached hydrogens (tertiary/aromatic N) is 1. The van der Waals surface area contributed by atoms with E-state index in [1.54, 1.807) is 24.5 Å². The van der Waals surface area contributed by atoms with Crippen LogP contribution in [0.4, 0.5) is 5.69 Å². The van der Waals surface area contributed by atoms with E-state index in [1.807, 2.05) is 12.1 Å². The summed E-state index contributed by atoms with van der Waals surface area (Å²) in [6.07, 6.45) is 6.17. The first-order chi connectivity index (χ1) is 12.6. The van der Waals surface area contributed by atoms with Gasteiger partial charge in [-0.3, -0.25) is 9.78 Å². The highest BCUT2D eigenvalue weighted by Gasteiger charge is 2.16. The number of halogens is 2. The fraction of sp³-hybridized carbons (Fsp3) is 0.368. The number of nitrogens with one attached hydrogen (secondary N) is 2. The lowest BCUT2D eigenvalue weighted by molar-refractivity contribution is 0.0857. The highest BCUT2D eigenvalue weighted by Crippen LogP contribution is 2.21. The number of rotatable bonds is 7. The summed E-state index contributed by atoms with van der Waals surface area (Å²) < 4.78 is 5.51. The van der Waals surface area contributed by atoms with Gasteiger partial charge in [-0.1, -0.05) is 29.3 Å². The van der Waals surface area contributed by atoms with E-state index in [1.165, 1.54) is 0 Å². The van der Waals surface area contributed by atoms with Crippen molar-refractivity contribution in [1.29, 1.82) is 0 Å². The van der Waals surface area contributed by atoms with Gasteiger partial charge in [-0.2, -0.15) is 0 Å². The van der Waals surface area contributed by atoms with E-state index in [0.717, 1.165) is 37.1 Å². The Morgan fingerprint density at radius 3 is 2.92 bits per heavy atom. The van der Waals surface area contributed by atoms with Crippen LogP contribution in [-0.2, 0) is 11.2 Å². The molecule has 0 aliphatic carbocycles. The Morgan fingerprint density at radius 2 is 2.15 bits per heavy atom. The predicted octanol–water partition coefficient (Wildman–Crippen LogP) is 3.95. The molecule has 1 aliphatic heterocycles. The lowest BCUT2D eigenvalue weighted by Crippen LogP contribution is -2.31. The number of amides is 1. The molecule has 0 saturated carbocycles. The molecule has 3 rings (SSSR count). The van der Waals surface area contributed by atoms with Crippen molar-refractivity contribution in [3.63, 3.8) is 0 Å². The standard InChI is InChI=1S/C19H21Cl2N3O2/c20-15-4-3-13(18(21)9-15)5-6-23-16-8-14(10-22-11-16)19(25)24-12-17-2-1-7-26-17/h3-4,8-11,17,23H,1-2,5-7,12H2,(H,24,25). The number of hydrogen-bond acceptors (Lipinski definition) is 4. The molecule has 0 radical (unpaired) electrons. The highest BCUT2D eigenvalue weighted by molar-refractivity contribution is 6.35. The molecule has 1 aromatic carbocycles. The highest BCUT2D eigenvalue weighted by atomic mass is 35.5. The fourth-order valence-electron chi connectivity index (χ4n) is 2.84. The number of pyridine rings is 1. The summed E-state index contributed by atoms with van der Waals surface area (Å²) in [5, 5.41) is 7.45. The molecule has 1 atom stereocenters. The number of hydrogen-bond donors (Lipinski definition) is 2. The van der Waals surface area contributed by atoms with E-state index in [4.69, 9.17) is 27.9 Å². The fourth-order valence-corrected chi connectivity index (χ4v) is 3.34. The molecule has 7 heteroatoms. The second-order valence-corrected chi connectivity index (χ2v) is 7.06. The van der Waals surface area contributed by atoms with Crippen LogP contribution in [0.3, 0.4) is 0 Å². The summed E-state index contributed by atoms with van der Waals surface area (Å²) in [7, 11) is 0. The average molecular weight is 394 g/mol. The van der Waals surface area contributed by atoms with E-state index in [-0.39, 0.29) is 12.0 Å². The Bertz CT molecular complexity index is 764. The quantitative estimate of drug-likeness (QED) is 0.747. The van der Waals surface area contributed by atoms with Crippen LogP contribution in [0.25, 0.3) is 0 Å². The van der Waals surface area contributed by atoms with Crippen LogP contribution < -0.4 is 10.6 Å². The molecule has 1 amide bonds. The summed E-state index contributed by atoms with van der Waals surface area (Å²) in [4.78, 5) is 16.4. The van der Waals surface area contributed by atoms with Crippen LogP contribution in [-0.4, -0.2) is 36.7 Å². The van der Waals surface area contributed by atoms with Gasteiger partial charge in [0.25, 0.3) is 5.91 Å². The second kappa shape index (κ2) is 9.21. The number of benzene rings is 1. The zero-order valence-electron chi connectivity index (χ0n) is 14.3. The van der Waals surface area contributed by atoms with Gasteiger partial charge in [-0.25, -0.2) is 0 Å². The lowest BCUT2D eigenvalue weighted by Gasteiger charge is -2.12. The van der Waals surface area contributed by atoms with Gasteiger partial charge in [0.15, 0.2) is 0 Å². The van der Waals surface area contributed by atoms with Crippen molar-refractivity contribution in [2.45, 2.75) is 25.4 Å². The molecule has 1 fully saturated rings. The monoisotopic (exact) mass is 393 g/mol. The van der Waals surface area contributed by atoms with Crippen molar-refractivity contribution in [2.24, 2.45) is 0 Å². The molecule has 2 aromatic rings. The lowest BCUT2D eigenvalue weighted by atomic mass is 10.1. The van der Waals surface area contributed by atoms with Gasteiger partial charge in [-0.15, -0.1) is 0 Å². The Morgan fingerprint density at radius 1 is 1.27 bits per heavy atom. The zero-order chi connectivity index (χ0) is 18.4. The van der Waals surface area contributed by atoms with Crippen molar-refractivity contribution in [1.82, 2.24) is 10.3 Å². The van der Waals surface area contributed by atoms with Crippen LogP contribution in [0.1, 0.15) is 28.8 Å². The summed E-state index contributed by atoms with van der Waals surface area (Å²) in [6, 6.07) is 7.27. The normalized spacial score (nSPS) is 16.5. The Balaban J connectivity index is 1.50. The van der Waals surface area contributed by atoms with Crippen molar-refractivity contribution in [3.05, 3.63) is 57.8 Å². The molecule has 1 saturated heterocycles. The molecule has 5 nitrogen and oxygen atoms in total. The predicted molar refractivity (Wildman–Crippen MR) is 104 cm³/mol. The Labute approximate surface area is 163 Å². The van der Waals surface area contributed by atoms with E-state index in [9.17, 15) is 4.79 Å². The first kappa shape index (κ1) is 19.0. The SMILES string of the molecule is O=C(NCC1CCCO1)c1cncc(NCCc2ccc(Cl)cc2Cl)c1. The van der Waals surface area contributed by atoms with E-state index in [2.05, 4.69) is 15.6 Å². The van der Waals surface area contributed by atoms with Crippen LogP contribution in [0, 0.1) is 0 Å². The van der Waals surface area contributed by atoms with Crippen molar-refractivity contribution < 1.29 is 9.53 Å². The summed E-state index contributed by atoms with van der Waals surface area (Å²) in [5.74, 6) is -0.141. The van der Waals surface area contributed by atoms with Gasteiger partial charge < -0.3 is 15.4 Å². The average Bonchev–Trinajstić information content (AvgIpc) is 3.15. The molecule has 1 aliphatic rings. The van der Waals surface area contributed by atoms with E-state index >= 15 is 0 Å². The molecule has 26 heavy (non-hydrogen) atoms. The van der Waals surface area contributed by atoms with E-state index < -0.39 is 0 Å². The maximum Gasteiger partial charge on any atom is 0.253 e. The maximum absolute atomic E-state index is 12.3. The third-order valence-electron chi connectivity index (χ3n) is 4.25. The van der Waals surface area contributed by atoms with Gasteiger partial charge in [0.2, 0.25) is 0 Å². The smallest absolute Gasteiger partial charge is 0.253 e. The minimum absolute atomic E-state index is 0.123. The number of anilines is 1. The van der Waals surface area contributed by atoms with Crippen molar-refractivity contribution >= 4 is 34.8 Å². The van der Waals surface area contributed by atoms with Crippen LogP contribution in [0.5, 0.6) is 0 Å². The van der Waals surface area contributed by atoms with Crippen LogP contribution >= 0.6 is 23.2 Å². The maximum atomic E-state index is 12.3. The van der Waals surface area contributed by atoms with Gasteiger partial charge >= 0.3 is 0 Å². The molecule has 2 heterocycles. The molecule has 0 bridgehead atoms. The van der Waals surface area contributed by atoms with Crippen molar-refractivity contribution in [2.75, 3.05) is 25.0 Å². The largest absolute Gasteiger partial charge is 0.383 e. The third-order valence-corrected chi connectivity index (χ3v) is 4.84. The summed E-state index contributed by atoms with van der Waals surface area (Å²) in [5.41, 5.74) is 2.33. The topological polar surface area (TPSA) is 63.2 Å². The number of ether oxygens (including phenoxy) is 1. The molecular weight excluding hydrogens is 373 g/mol. The first-order valence-electron chi connectivity index (χ1n) is 8.64. The third kappa shape index (κ3) is 5.34. The molecule has 2 N–H and O–H groups in total. The molecular formula is C19H21Cl2N3O2. The summed E-state index contributed by atoms with van der Waals surface area (Å²) in [6.45, 7) is 1.98. The molecule has 138 valence electrons. The summed E-state index contributed by atoms with van der Waals surface area (Å²) >= 11 is 12.1. The van der Waals surface area contributed by atoms with Gasteiger partial charge in [0.05, 0.1) is 17.4 Å². The zero-order valence-corrected chi connectivity index (χ0v) is 15.8. The Kier molecular flexibility index (Phi) is 6.72. The van der Waals surface area contributed by atoms with Crippen molar-refractivity contribution in [3.8, 4) is 0 Å². The van der Waals surface area contributed by atoms with Crippen LogP contribution in [0.15, 0.2) is 36.7 Å². The Hall–Kier alpha value is -1.82. The van der Waals surface area contributed by atoms with E-state index in [0.29, 0.717) is 28.7 Å². The minimum Gasteiger partial charge on any atom is -0.383 e. The molecule has 0 spiro atoms. The second-order valence-electron chi connectivity index (χ2n) is 6.22. The number of carbonyl (C=O) groups is 1. The molecule has 1 unspecified atom stereocenters. The van der Waals surface area contributed by atoms with Crippen LogP contribution in [0.2, 0.25) is 10.0 Å². The minimum atomic E-state index is -0.141. The van der Waals surface area contributed by atoms with Gasteiger partial charge in [0, 0.05) is 42.1 Å². The van der Waals surface area contributed by atoms with Gasteiger partial charge in [0.1, 0.15) is 0 Å². The van der Waals surface area contributed by atoms with Gasteiger partial charge in [-0.05, 0) is 43.0 Å². The first-order valence-corrected chi connectivity index (χ1v) is 9.40. The number of carbonyl (C=O) groups excluding carboxylic acids is 1. The molecule has 1 aromatic heterocycles.